The Balaban J connectivity index is 2.99. The normalized spacial score (nSPS) is 12.0. The van der Waals surface area contributed by atoms with E-state index in [1.165, 1.54) is 0 Å². The fourth-order valence-electron chi connectivity index (χ4n) is 1.33. The van der Waals surface area contributed by atoms with Crippen molar-refractivity contribution in [3.05, 3.63) is 0 Å². The van der Waals surface area contributed by atoms with Gasteiger partial charge in [-0.25, -0.2) is 0 Å². The van der Waals surface area contributed by atoms with Crippen LogP contribution in [-0.4, -0.2) is 52.5 Å². The van der Waals surface area contributed by atoms with Crippen LogP contribution in [-0.2, 0) is 4.74 Å². The van der Waals surface area contributed by atoms with Gasteiger partial charge in [-0.05, 0) is 12.0 Å². The second kappa shape index (κ2) is 11.0. The Hall–Kier alpha value is -0.160. The van der Waals surface area contributed by atoms with Gasteiger partial charge in [0, 0.05) is 32.7 Å². The highest BCUT2D eigenvalue weighted by molar-refractivity contribution is 4.64. The van der Waals surface area contributed by atoms with Gasteiger partial charge >= 0.3 is 0 Å². The van der Waals surface area contributed by atoms with Gasteiger partial charge in [0.2, 0.25) is 0 Å². The lowest BCUT2D eigenvalue weighted by Gasteiger charge is -2.18. The molecule has 4 heteroatoms. The first kappa shape index (κ1) is 16.8. The lowest BCUT2D eigenvalue weighted by Crippen LogP contribution is -2.31. The summed E-state index contributed by atoms with van der Waals surface area (Å²) >= 11 is 0. The summed E-state index contributed by atoms with van der Waals surface area (Å²) in [6.07, 6.45) is 0. The summed E-state index contributed by atoms with van der Waals surface area (Å²) in [5.74, 6) is 0. The number of ether oxygens (including phenoxy) is 1. The molecule has 0 aliphatic carbocycles. The molecule has 0 heterocycles. The predicted molar refractivity (Wildman–Crippen MR) is 74.6 cm³/mol. The first-order valence-electron chi connectivity index (χ1n) is 6.76. The molecule has 0 aliphatic rings. The summed E-state index contributed by atoms with van der Waals surface area (Å²) in [5.41, 5.74) is 0.355. The van der Waals surface area contributed by atoms with Gasteiger partial charge in [0.25, 0.3) is 0 Å². The molecule has 0 bridgehead atoms. The van der Waals surface area contributed by atoms with Gasteiger partial charge in [0.05, 0.1) is 13.2 Å². The molecule has 0 amide bonds. The summed E-state index contributed by atoms with van der Waals surface area (Å²) in [7, 11) is 0. The van der Waals surface area contributed by atoms with E-state index in [-0.39, 0.29) is 0 Å². The first-order chi connectivity index (χ1) is 8.06. The van der Waals surface area contributed by atoms with Crippen molar-refractivity contribution >= 4 is 0 Å². The van der Waals surface area contributed by atoms with E-state index >= 15 is 0 Å². The molecule has 0 rings (SSSR count). The molecule has 0 atom stereocenters. The fourth-order valence-corrected chi connectivity index (χ4v) is 1.33. The molecule has 104 valence electrons. The SMILES string of the molecule is CCNCCNCCOCCNCC(C)(C)C. The second-order valence-electron chi connectivity index (χ2n) is 5.45. The first-order valence-corrected chi connectivity index (χ1v) is 6.76. The van der Waals surface area contributed by atoms with Crippen LogP contribution in [0.3, 0.4) is 0 Å². The van der Waals surface area contributed by atoms with Crippen molar-refractivity contribution in [2.45, 2.75) is 27.7 Å². The van der Waals surface area contributed by atoms with Crippen LogP contribution >= 0.6 is 0 Å². The number of nitrogens with one attached hydrogen (secondary N) is 3. The molecular weight excluding hydrogens is 214 g/mol. The maximum Gasteiger partial charge on any atom is 0.0591 e. The molecule has 17 heavy (non-hydrogen) atoms. The van der Waals surface area contributed by atoms with Crippen LogP contribution in [0.5, 0.6) is 0 Å². The number of hydrogen-bond acceptors (Lipinski definition) is 4. The van der Waals surface area contributed by atoms with Crippen molar-refractivity contribution < 1.29 is 4.74 Å². The van der Waals surface area contributed by atoms with Crippen molar-refractivity contribution in [2.75, 3.05) is 52.5 Å². The Morgan fingerprint density at radius 2 is 1.41 bits per heavy atom. The molecule has 0 radical (unpaired) electrons. The standard InChI is InChI=1S/C13H31N3O/c1-5-14-6-7-15-8-10-17-11-9-16-12-13(2,3)4/h14-16H,5-12H2,1-4H3. The smallest absolute Gasteiger partial charge is 0.0591 e. The quantitative estimate of drug-likeness (QED) is 0.472. The maximum atomic E-state index is 5.51. The lowest BCUT2D eigenvalue weighted by molar-refractivity contribution is 0.136. The van der Waals surface area contributed by atoms with Crippen LogP contribution in [0.25, 0.3) is 0 Å². The molecule has 3 N–H and O–H groups in total. The van der Waals surface area contributed by atoms with Gasteiger partial charge in [-0.1, -0.05) is 27.7 Å². The second-order valence-corrected chi connectivity index (χ2v) is 5.45. The fraction of sp³-hybridized carbons (Fsp3) is 1.00. The summed E-state index contributed by atoms with van der Waals surface area (Å²) in [6.45, 7) is 16.4. The van der Waals surface area contributed by atoms with E-state index < -0.39 is 0 Å². The zero-order chi connectivity index (χ0) is 13.0. The van der Waals surface area contributed by atoms with Crippen LogP contribution < -0.4 is 16.0 Å². The Morgan fingerprint density at radius 1 is 0.824 bits per heavy atom. The zero-order valence-corrected chi connectivity index (χ0v) is 12.1. The van der Waals surface area contributed by atoms with E-state index in [1.54, 1.807) is 0 Å². The monoisotopic (exact) mass is 245 g/mol. The van der Waals surface area contributed by atoms with Gasteiger partial charge in [0.15, 0.2) is 0 Å². The van der Waals surface area contributed by atoms with E-state index in [2.05, 4.69) is 43.6 Å². The van der Waals surface area contributed by atoms with Gasteiger partial charge in [-0.15, -0.1) is 0 Å². The molecule has 0 spiro atoms. The molecule has 0 aromatic rings. The molecule has 0 unspecified atom stereocenters. The minimum Gasteiger partial charge on any atom is -0.379 e. The van der Waals surface area contributed by atoms with Crippen LogP contribution in [0.2, 0.25) is 0 Å². The lowest BCUT2D eigenvalue weighted by atomic mass is 9.97. The summed E-state index contributed by atoms with van der Waals surface area (Å²) in [4.78, 5) is 0. The third kappa shape index (κ3) is 15.8. The predicted octanol–water partition coefficient (Wildman–Crippen LogP) is 0.838. The number of likely N-dealkylation sites (N-methyl/N-ethyl adjacent to an activating group) is 1. The zero-order valence-electron chi connectivity index (χ0n) is 12.1. The van der Waals surface area contributed by atoms with Gasteiger partial charge in [-0.2, -0.15) is 0 Å². The minimum absolute atomic E-state index is 0.355. The topological polar surface area (TPSA) is 45.3 Å². The molecule has 4 nitrogen and oxygen atoms in total. The molecule has 0 saturated carbocycles. The molecular formula is C13H31N3O. The van der Waals surface area contributed by atoms with E-state index in [4.69, 9.17) is 4.74 Å². The highest BCUT2D eigenvalue weighted by Crippen LogP contribution is 2.09. The molecule has 0 aliphatic heterocycles. The van der Waals surface area contributed by atoms with Crippen molar-refractivity contribution in [3.8, 4) is 0 Å². The molecule has 0 saturated heterocycles. The summed E-state index contributed by atoms with van der Waals surface area (Å²) in [5, 5.41) is 9.98. The highest BCUT2D eigenvalue weighted by Gasteiger charge is 2.07. The number of rotatable bonds is 11. The van der Waals surface area contributed by atoms with Gasteiger partial charge < -0.3 is 20.7 Å². The number of hydrogen-bond donors (Lipinski definition) is 3. The van der Waals surface area contributed by atoms with Gasteiger partial charge in [0.1, 0.15) is 0 Å². The van der Waals surface area contributed by atoms with E-state index in [1.807, 2.05) is 0 Å². The largest absolute Gasteiger partial charge is 0.379 e. The van der Waals surface area contributed by atoms with Crippen LogP contribution in [0.1, 0.15) is 27.7 Å². The van der Waals surface area contributed by atoms with Crippen molar-refractivity contribution in [1.82, 2.24) is 16.0 Å². The maximum absolute atomic E-state index is 5.51. The van der Waals surface area contributed by atoms with Crippen LogP contribution in [0.4, 0.5) is 0 Å². The third-order valence-corrected chi connectivity index (χ3v) is 2.23. The van der Waals surface area contributed by atoms with Crippen LogP contribution in [0.15, 0.2) is 0 Å². The Labute approximate surface area is 107 Å². The van der Waals surface area contributed by atoms with Gasteiger partial charge in [-0.3, -0.25) is 0 Å². The van der Waals surface area contributed by atoms with Crippen molar-refractivity contribution in [3.63, 3.8) is 0 Å². The van der Waals surface area contributed by atoms with Crippen molar-refractivity contribution in [1.29, 1.82) is 0 Å². The van der Waals surface area contributed by atoms with Crippen molar-refractivity contribution in [2.24, 2.45) is 5.41 Å². The highest BCUT2D eigenvalue weighted by atomic mass is 16.5. The van der Waals surface area contributed by atoms with E-state index in [9.17, 15) is 0 Å². The Bertz CT molecular complexity index is 157. The molecule has 0 aromatic heterocycles. The van der Waals surface area contributed by atoms with E-state index in [0.717, 1.165) is 52.5 Å². The summed E-state index contributed by atoms with van der Waals surface area (Å²) in [6, 6.07) is 0. The average molecular weight is 245 g/mol. The molecule has 0 aromatic carbocycles. The van der Waals surface area contributed by atoms with Crippen LogP contribution in [0, 0.1) is 5.41 Å². The Kier molecular flexibility index (Phi) is 10.9. The third-order valence-electron chi connectivity index (χ3n) is 2.23. The molecule has 0 fully saturated rings. The minimum atomic E-state index is 0.355. The summed E-state index contributed by atoms with van der Waals surface area (Å²) < 4.78 is 5.51. The van der Waals surface area contributed by atoms with E-state index in [0.29, 0.717) is 5.41 Å². The average Bonchev–Trinajstić information content (AvgIpc) is 2.24. The Morgan fingerprint density at radius 3 is 2.00 bits per heavy atom.